The fourth-order valence-corrected chi connectivity index (χ4v) is 3.20. The third-order valence-electron chi connectivity index (χ3n) is 5.16. The molecule has 1 aromatic carbocycles. The third-order valence-corrected chi connectivity index (χ3v) is 5.16. The van der Waals surface area contributed by atoms with Gasteiger partial charge in [-0.2, -0.15) is 0 Å². The van der Waals surface area contributed by atoms with E-state index in [1.807, 2.05) is 6.07 Å². The first-order valence-electron chi connectivity index (χ1n) is 8.26. The predicted molar refractivity (Wildman–Crippen MR) is 93.5 cm³/mol. The smallest absolute Gasteiger partial charge is 0.123 e. The van der Waals surface area contributed by atoms with E-state index in [1.54, 1.807) is 7.11 Å². The number of hydrogen-bond donors (Lipinski definition) is 0. The summed E-state index contributed by atoms with van der Waals surface area (Å²) in [6.45, 7) is 15.0. The maximum atomic E-state index is 5.55. The van der Waals surface area contributed by atoms with Crippen molar-refractivity contribution in [3.63, 3.8) is 0 Å². The Hall–Kier alpha value is -1.06. The van der Waals surface area contributed by atoms with Crippen LogP contribution in [0.4, 0.5) is 0 Å². The number of para-hydroxylation sites is 1. The molecule has 0 spiro atoms. The number of likely N-dealkylation sites (tertiary alicyclic amines) is 1. The lowest BCUT2D eigenvalue weighted by Gasteiger charge is -2.50. The molecule has 2 rings (SSSR count). The molecule has 0 saturated carbocycles. The zero-order chi connectivity index (χ0) is 16.5. The summed E-state index contributed by atoms with van der Waals surface area (Å²) >= 11 is 0. The van der Waals surface area contributed by atoms with Crippen molar-refractivity contribution in [2.45, 2.75) is 45.7 Å². The minimum atomic E-state index is -0.0330. The molecule has 1 aliphatic rings. The second kappa shape index (κ2) is 6.21. The van der Waals surface area contributed by atoms with Gasteiger partial charge in [-0.1, -0.05) is 18.2 Å². The van der Waals surface area contributed by atoms with Gasteiger partial charge in [-0.3, -0.25) is 9.80 Å². The first-order chi connectivity index (χ1) is 10.2. The summed E-state index contributed by atoms with van der Waals surface area (Å²) in [5, 5.41) is 0. The first kappa shape index (κ1) is 17.3. The maximum Gasteiger partial charge on any atom is 0.123 e. The van der Waals surface area contributed by atoms with Gasteiger partial charge in [0.1, 0.15) is 5.75 Å². The summed E-state index contributed by atoms with van der Waals surface area (Å²) in [5.41, 5.74) is 1.52. The van der Waals surface area contributed by atoms with Gasteiger partial charge in [0.15, 0.2) is 0 Å². The molecule has 3 nitrogen and oxygen atoms in total. The van der Waals surface area contributed by atoms with Crippen LogP contribution in [0.3, 0.4) is 0 Å². The lowest BCUT2D eigenvalue weighted by atomic mass is 9.88. The molecule has 0 amide bonds. The minimum Gasteiger partial charge on any atom is -0.496 e. The Kier molecular flexibility index (Phi) is 4.88. The molecule has 0 aliphatic carbocycles. The van der Waals surface area contributed by atoms with Crippen LogP contribution in [0.15, 0.2) is 24.3 Å². The molecule has 0 N–H and O–H groups in total. The second-order valence-electron chi connectivity index (χ2n) is 8.08. The van der Waals surface area contributed by atoms with Gasteiger partial charge in [0, 0.05) is 36.3 Å². The van der Waals surface area contributed by atoms with Crippen LogP contribution in [-0.2, 0) is 5.54 Å². The van der Waals surface area contributed by atoms with Crippen LogP contribution in [0, 0.1) is 5.92 Å². The third kappa shape index (κ3) is 3.47. The van der Waals surface area contributed by atoms with Crippen molar-refractivity contribution >= 4 is 0 Å². The highest BCUT2D eigenvalue weighted by molar-refractivity contribution is 5.38. The van der Waals surface area contributed by atoms with E-state index in [9.17, 15) is 0 Å². The van der Waals surface area contributed by atoms with E-state index in [4.69, 9.17) is 4.74 Å². The lowest BCUT2D eigenvalue weighted by molar-refractivity contribution is -0.0129. The molecular weight excluding hydrogens is 272 g/mol. The van der Waals surface area contributed by atoms with Crippen molar-refractivity contribution in [1.29, 1.82) is 0 Å². The van der Waals surface area contributed by atoms with Gasteiger partial charge < -0.3 is 4.74 Å². The molecular formula is C19H32N2O. The topological polar surface area (TPSA) is 15.7 Å². The number of rotatable bonds is 5. The predicted octanol–water partition coefficient (Wildman–Crippen LogP) is 3.59. The molecule has 3 heteroatoms. The van der Waals surface area contributed by atoms with Crippen molar-refractivity contribution in [2.75, 3.05) is 33.8 Å². The molecule has 0 aromatic heterocycles. The number of ether oxygens (including phenoxy) is 1. The molecule has 1 heterocycles. The molecule has 1 aliphatic heterocycles. The molecule has 22 heavy (non-hydrogen) atoms. The van der Waals surface area contributed by atoms with Gasteiger partial charge in [0.05, 0.1) is 7.11 Å². The van der Waals surface area contributed by atoms with E-state index in [0.29, 0.717) is 5.54 Å². The molecule has 1 fully saturated rings. The summed E-state index contributed by atoms with van der Waals surface area (Å²) in [7, 11) is 3.98. The standard InChI is InChI=1S/C19H32N2O/c1-18(2,3)21-13-15(14-21)12-20(6)19(4,5)16-10-8-9-11-17(16)22-7/h8-11,15H,12-14H2,1-7H3. The largest absolute Gasteiger partial charge is 0.496 e. The van der Waals surface area contributed by atoms with E-state index in [-0.39, 0.29) is 5.54 Å². The van der Waals surface area contributed by atoms with Gasteiger partial charge in [0.2, 0.25) is 0 Å². The molecule has 0 unspecified atom stereocenters. The molecule has 1 aromatic rings. The highest BCUT2D eigenvalue weighted by Gasteiger charge is 2.37. The Morgan fingerprint density at radius 1 is 1.14 bits per heavy atom. The highest BCUT2D eigenvalue weighted by Crippen LogP contribution is 2.35. The van der Waals surface area contributed by atoms with Crippen LogP contribution in [0.2, 0.25) is 0 Å². The zero-order valence-corrected chi connectivity index (χ0v) is 15.3. The SMILES string of the molecule is COc1ccccc1C(C)(C)N(C)CC1CN(C(C)(C)C)C1. The molecule has 1 saturated heterocycles. The van der Waals surface area contributed by atoms with Crippen LogP contribution < -0.4 is 4.74 Å². The molecule has 0 radical (unpaired) electrons. The Morgan fingerprint density at radius 2 is 1.73 bits per heavy atom. The summed E-state index contributed by atoms with van der Waals surface area (Å²) in [6, 6.07) is 8.36. The van der Waals surface area contributed by atoms with E-state index in [1.165, 1.54) is 18.7 Å². The van der Waals surface area contributed by atoms with Gasteiger partial charge >= 0.3 is 0 Å². The number of nitrogens with zero attached hydrogens (tertiary/aromatic N) is 2. The Morgan fingerprint density at radius 3 is 2.27 bits per heavy atom. The van der Waals surface area contributed by atoms with Crippen molar-refractivity contribution in [3.05, 3.63) is 29.8 Å². The quantitative estimate of drug-likeness (QED) is 0.827. The van der Waals surface area contributed by atoms with Crippen molar-refractivity contribution in [3.8, 4) is 5.75 Å². The fourth-order valence-electron chi connectivity index (χ4n) is 3.20. The number of hydrogen-bond acceptors (Lipinski definition) is 3. The average molecular weight is 304 g/mol. The Balaban J connectivity index is 2.01. The monoisotopic (exact) mass is 304 g/mol. The van der Waals surface area contributed by atoms with Gasteiger partial charge in [-0.05, 0) is 53.7 Å². The Bertz CT molecular complexity index is 498. The minimum absolute atomic E-state index is 0.0330. The summed E-state index contributed by atoms with van der Waals surface area (Å²) < 4.78 is 5.55. The van der Waals surface area contributed by atoms with E-state index >= 15 is 0 Å². The van der Waals surface area contributed by atoms with Crippen LogP contribution in [-0.4, -0.2) is 49.1 Å². The lowest BCUT2D eigenvalue weighted by Crippen LogP contribution is -2.59. The first-order valence-corrected chi connectivity index (χ1v) is 8.26. The fraction of sp³-hybridized carbons (Fsp3) is 0.684. The summed E-state index contributed by atoms with van der Waals surface area (Å²) in [6.07, 6.45) is 0. The van der Waals surface area contributed by atoms with Crippen molar-refractivity contribution in [2.24, 2.45) is 5.92 Å². The van der Waals surface area contributed by atoms with Crippen molar-refractivity contribution < 1.29 is 4.74 Å². The van der Waals surface area contributed by atoms with Crippen LogP contribution in [0.1, 0.15) is 40.2 Å². The highest BCUT2D eigenvalue weighted by atomic mass is 16.5. The summed E-state index contributed by atoms with van der Waals surface area (Å²) in [5.74, 6) is 1.74. The number of methoxy groups -OCH3 is 1. The van der Waals surface area contributed by atoms with Crippen molar-refractivity contribution in [1.82, 2.24) is 9.80 Å². The average Bonchev–Trinajstić information content (AvgIpc) is 2.40. The molecule has 0 bridgehead atoms. The van der Waals surface area contributed by atoms with E-state index < -0.39 is 0 Å². The van der Waals surface area contributed by atoms with E-state index in [2.05, 4.69) is 69.7 Å². The van der Waals surface area contributed by atoms with Crippen LogP contribution in [0.5, 0.6) is 5.75 Å². The Labute approximate surface area is 136 Å². The normalized spacial score (nSPS) is 17.6. The van der Waals surface area contributed by atoms with E-state index in [0.717, 1.165) is 18.2 Å². The summed E-state index contributed by atoms with van der Waals surface area (Å²) in [4.78, 5) is 5.02. The number of benzene rings is 1. The zero-order valence-electron chi connectivity index (χ0n) is 15.3. The second-order valence-corrected chi connectivity index (χ2v) is 8.08. The van der Waals surface area contributed by atoms with Crippen LogP contribution in [0.25, 0.3) is 0 Å². The van der Waals surface area contributed by atoms with Gasteiger partial charge in [-0.15, -0.1) is 0 Å². The maximum absolute atomic E-state index is 5.55. The van der Waals surface area contributed by atoms with Crippen LogP contribution >= 0.6 is 0 Å². The van der Waals surface area contributed by atoms with Gasteiger partial charge in [0.25, 0.3) is 0 Å². The molecule has 0 atom stereocenters. The molecule has 124 valence electrons. The van der Waals surface area contributed by atoms with Gasteiger partial charge in [-0.25, -0.2) is 0 Å².